The lowest BCUT2D eigenvalue weighted by molar-refractivity contribution is 0.0997. The molecule has 0 bridgehead atoms. The maximum atomic E-state index is 12.7. The van der Waals surface area contributed by atoms with Crippen LogP contribution in [0.15, 0.2) is 45.7 Å². The minimum atomic E-state index is -0.543. The van der Waals surface area contributed by atoms with Crippen molar-refractivity contribution in [3.05, 3.63) is 52.5 Å². The number of benzene rings is 1. The van der Waals surface area contributed by atoms with Crippen LogP contribution < -0.4 is 20.5 Å². The first-order valence-electron chi connectivity index (χ1n) is 9.24. The van der Waals surface area contributed by atoms with Crippen LogP contribution in [-0.2, 0) is 4.74 Å². The summed E-state index contributed by atoms with van der Waals surface area (Å²) in [7, 11) is 3.66. The molecule has 0 unspecified atom stereocenters. The number of hydrogen-bond donors (Lipinski definition) is 1. The number of anilines is 3. The lowest BCUT2D eigenvalue weighted by atomic mass is 10.2. The highest BCUT2D eigenvalue weighted by Gasteiger charge is 2.19. The Morgan fingerprint density at radius 2 is 1.97 bits per heavy atom. The summed E-state index contributed by atoms with van der Waals surface area (Å²) < 4.78 is 11.0. The molecule has 0 spiro atoms. The number of aromatic nitrogens is 2. The molecular weight excluding hydrogens is 374 g/mol. The van der Waals surface area contributed by atoms with E-state index in [4.69, 9.17) is 9.15 Å². The summed E-state index contributed by atoms with van der Waals surface area (Å²) in [6.45, 7) is 2.67. The number of morpholine rings is 1. The summed E-state index contributed by atoms with van der Waals surface area (Å²) in [5.41, 5.74) is 0.508. The van der Waals surface area contributed by atoms with Crippen LogP contribution in [0, 0.1) is 0 Å². The zero-order chi connectivity index (χ0) is 20.4. The van der Waals surface area contributed by atoms with Crippen molar-refractivity contribution in [1.29, 1.82) is 0 Å². The van der Waals surface area contributed by atoms with E-state index in [-0.39, 0.29) is 11.2 Å². The molecule has 29 heavy (non-hydrogen) atoms. The maximum absolute atomic E-state index is 12.7. The topological polar surface area (TPSA) is 101 Å². The van der Waals surface area contributed by atoms with Crippen LogP contribution in [0.5, 0.6) is 0 Å². The smallest absolute Gasteiger partial charge is 0.291 e. The van der Waals surface area contributed by atoms with Gasteiger partial charge in [0.1, 0.15) is 11.3 Å². The summed E-state index contributed by atoms with van der Waals surface area (Å²) in [4.78, 5) is 37.8. The van der Waals surface area contributed by atoms with Crippen LogP contribution in [-0.4, -0.2) is 56.3 Å². The van der Waals surface area contributed by atoms with E-state index < -0.39 is 5.91 Å². The molecule has 150 valence electrons. The van der Waals surface area contributed by atoms with Gasteiger partial charge in [0, 0.05) is 33.3 Å². The van der Waals surface area contributed by atoms with Gasteiger partial charge < -0.3 is 24.3 Å². The molecule has 0 radical (unpaired) electrons. The van der Waals surface area contributed by atoms with Gasteiger partial charge in [-0.05, 0) is 12.1 Å². The summed E-state index contributed by atoms with van der Waals surface area (Å²) in [6, 6.07) is 7.99. The number of amides is 1. The Morgan fingerprint density at radius 3 is 2.72 bits per heavy atom. The van der Waals surface area contributed by atoms with E-state index in [1.807, 2.05) is 19.0 Å². The molecule has 1 fully saturated rings. The van der Waals surface area contributed by atoms with Crippen molar-refractivity contribution in [2.75, 3.05) is 55.5 Å². The molecular formula is C20H21N5O4. The number of nitrogens with one attached hydrogen (secondary N) is 1. The van der Waals surface area contributed by atoms with Crippen molar-refractivity contribution in [1.82, 2.24) is 9.97 Å². The molecule has 1 aliphatic heterocycles. The minimum absolute atomic E-state index is 0.0735. The van der Waals surface area contributed by atoms with Gasteiger partial charge in [-0.1, -0.05) is 12.1 Å². The molecule has 1 N–H and O–H groups in total. The SMILES string of the molecule is CN(C)c1nc(N2CCOCC2)ncc1NC(=O)c1cc(=O)c2ccccc2o1. The van der Waals surface area contributed by atoms with Gasteiger partial charge in [-0.2, -0.15) is 4.98 Å². The molecule has 9 nitrogen and oxygen atoms in total. The number of carbonyl (C=O) groups is 1. The Balaban J connectivity index is 1.63. The summed E-state index contributed by atoms with van der Waals surface area (Å²) in [6.07, 6.45) is 1.56. The number of ether oxygens (including phenoxy) is 1. The highest BCUT2D eigenvalue weighted by Crippen LogP contribution is 2.25. The van der Waals surface area contributed by atoms with Crippen LogP contribution in [0.2, 0.25) is 0 Å². The maximum Gasteiger partial charge on any atom is 0.291 e. The zero-order valence-corrected chi connectivity index (χ0v) is 16.2. The fraction of sp³-hybridized carbons (Fsp3) is 0.300. The highest BCUT2D eigenvalue weighted by molar-refractivity contribution is 6.04. The van der Waals surface area contributed by atoms with Gasteiger partial charge in [-0.25, -0.2) is 4.98 Å². The molecule has 0 aliphatic carbocycles. The van der Waals surface area contributed by atoms with Gasteiger partial charge in [-0.3, -0.25) is 9.59 Å². The predicted molar refractivity (Wildman–Crippen MR) is 110 cm³/mol. The molecule has 2 aromatic heterocycles. The third-order valence-electron chi connectivity index (χ3n) is 4.58. The molecule has 3 heterocycles. The van der Waals surface area contributed by atoms with Gasteiger partial charge in [0.05, 0.1) is 24.8 Å². The van der Waals surface area contributed by atoms with Crippen LogP contribution in [0.1, 0.15) is 10.6 Å². The zero-order valence-electron chi connectivity index (χ0n) is 16.2. The number of nitrogens with zero attached hydrogens (tertiary/aromatic N) is 4. The van der Waals surface area contributed by atoms with E-state index in [0.717, 1.165) is 0 Å². The van der Waals surface area contributed by atoms with Crippen molar-refractivity contribution in [2.24, 2.45) is 0 Å². The number of hydrogen-bond acceptors (Lipinski definition) is 8. The van der Waals surface area contributed by atoms with Crippen molar-refractivity contribution >= 4 is 34.3 Å². The number of fused-ring (bicyclic) bond motifs is 1. The van der Waals surface area contributed by atoms with Crippen molar-refractivity contribution in [3.8, 4) is 0 Å². The average molecular weight is 395 g/mol. The Kier molecular flexibility index (Phi) is 5.13. The average Bonchev–Trinajstić information content (AvgIpc) is 2.74. The quantitative estimate of drug-likeness (QED) is 0.713. The van der Waals surface area contributed by atoms with Crippen LogP contribution in [0.3, 0.4) is 0 Å². The Bertz CT molecular complexity index is 1110. The Labute approximate surface area is 166 Å². The van der Waals surface area contributed by atoms with Gasteiger partial charge in [0.25, 0.3) is 5.91 Å². The largest absolute Gasteiger partial charge is 0.451 e. The first-order chi connectivity index (χ1) is 14.0. The molecule has 0 atom stereocenters. The van der Waals surface area contributed by atoms with E-state index in [1.165, 1.54) is 6.07 Å². The molecule has 1 aliphatic rings. The highest BCUT2D eigenvalue weighted by atomic mass is 16.5. The summed E-state index contributed by atoms with van der Waals surface area (Å²) >= 11 is 0. The number of carbonyl (C=O) groups excluding carboxylic acids is 1. The standard InChI is InChI=1S/C20H21N5O4/c1-24(2)18-14(12-21-20(23-18)25-7-9-28-10-8-25)22-19(27)17-11-15(26)13-5-3-4-6-16(13)29-17/h3-6,11-12H,7-10H2,1-2H3,(H,22,27). The van der Waals surface area contributed by atoms with Crippen LogP contribution >= 0.6 is 0 Å². The monoisotopic (exact) mass is 395 g/mol. The molecule has 4 rings (SSSR count). The molecule has 0 saturated carbocycles. The first-order valence-corrected chi connectivity index (χ1v) is 9.24. The van der Waals surface area contributed by atoms with Gasteiger partial charge in [0.2, 0.25) is 5.95 Å². The molecule has 1 aromatic carbocycles. The Morgan fingerprint density at radius 1 is 1.21 bits per heavy atom. The van der Waals surface area contributed by atoms with Gasteiger partial charge in [-0.15, -0.1) is 0 Å². The van der Waals surface area contributed by atoms with E-state index in [2.05, 4.69) is 15.3 Å². The van der Waals surface area contributed by atoms with Crippen molar-refractivity contribution in [2.45, 2.75) is 0 Å². The third-order valence-corrected chi connectivity index (χ3v) is 4.58. The lowest BCUT2D eigenvalue weighted by Gasteiger charge is -2.28. The lowest BCUT2D eigenvalue weighted by Crippen LogP contribution is -2.37. The summed E-state index contributed by atoms with van der Waals surface area (Å²) in [5.74, 6) is 0.513. The molecule has 1 amide bonds. The second-order valence-corrected chi connectivity index (χ2v) is 6.83. The third kappa shape index (κ3) is 3.90. The van der Waals surface area contributed by atoms with Crippen LogP contribution in [0.25, 0.3) is 11.0 Å². The second-order valence-electron chi connectivity index (χ2n) is 6.83. The molecule has 3 aromatic rings. The summed E-state index contributed by atoms with van der Waals surface area (Å²) in [5, 5.41) is 3.18. The second kappa shape index (κ2) is 7.88. The molecule has 1 saturated heterocycles. The van der Waals surface area contributed by atoms with E-state index in [1.54, 1.807) is 35.4 Å². The van der Waals surface area contributed by atoms with E-state index >= 15 is 0 Å². The minimum Gasteiger partial charge on any atom is -0.451 e. The first kappa shape index (κ1) is 18.9. The predicted octanol–water partition coefficient (Wildman–Crippen LogP) is 1.74. The van der Waals surface area contributed by atoms with Gasteiger partial charge in [0.15, 0.2) is 17.0 Å². The van der Waals surface area contributed by atoms with E-state index in [0.29, 0.717) is 54.7 Å². The van der Waals surface area contributed by atoms with Crippen molar-refractivity contribution < 1.29 is 13.9 Å². The van der Waals surface area contributed by atoms with Gasteiger partial charge >= 0.3 is 0 Å². The Hall–Kier alpha value is -3.46. The van der Waals surface area contributed by atoms with E-state index in [9.17, 15) is 9.59 Å². The fourth-order valence-electron chi connectivity index (χ4n) is 3.11. The molecule has 9 heteroatoms. The van der Waals surface area contributed by atoms with Crippen LogP contribution in [0.4, 0.5) is 17.5 Å². The normalized spacial score (nSPS) is 14.1. The fourth-order valence-corrected chi connectivity index (χ4v) is 3.11. The number of para-hydroxylation sites is 1. The number of rotatable bonds is 4. The van der Waals surface area contributed by atoms with Crippen molar-refractivity contribution in [3.63, 3.8) is 0 Å².